The summed E-state index contributed by atoms with van der Waals surface area (Å²) in [4.78, 5) is 0. The number of rotatable bonds is 6. The molecule has 2 heteroatoms. The fourth-order valence-corrected chi connectivity index (χ4v) is 3.14. The van der Waals surface area contributed by atoms with Crippen molar-refractivity contribution in [3.05, 3.63) is 108 Å². The van der Waals surface area contributed by atoms with Crippen LogP contribution in [0.1, 0.15) is 28.8 Å². The summed E-state index contributed by atoms with van der Waals surface area (Å²) in [6.45, 7) is 0. The van der Waals surface area contributed by atoms with Gasteiger partial charge >= 0.3 is 0 Å². The normalized spacial score (nSPS) is 14.8. The lowest BCUT2D eigenvalue weighted by atomic mass is 9.82. The van der Waals surface area contributed by atoms with Gasteiger partial charge in [-0.1, -0.05) is 91.0 Å². The van der Waals surface area contributed by atoms with Gasteiger partial charge in [-0.2, -0.15) is 0 Å². The van der Waals surface area contributed by atoms with Crippen LogP contribution in [0.5, 0.6) is 0 Å². The Labute approximate surface area is 143 Å². The average molecular weight is 317 g/mol. The average Bonchev–Trinajstić information content (AvgIpc) is 2.67. The van der Waals surface area contributed by atoms with Gasteiger partial charge in [-0.15, -0.1) is 0 Å². The fourth-order valence-electron chi connectivity index (χ4n) is 3.14. The summed E-state index contributed by atoms with van der Waals surface area (Å²) in [6.07, 6.45) is 0.120. The van der Waals surface area contributed by atoms with Gasteiger partial charge in [0.15, 0.2) is 0 Å². The van der Waals surface area contributed by atoms with Crippen LogP contribution in [0.4, 0.5) is 0 Å². The van der Waals surface area contributed by atoms with Crippen molar-refractivity contribution in [1.82, 2.24) is 0 Å². The van der Waals surface area contributed by atoms with Crippen molar-refractivity contribution in [3.63, 3.8) is 0 Å². The van der Waals surface area contributed by atoms with Gasteiger partial charge in [0.05, 0.1) is 6.10 Å². The first-order valence-corrected chi connectivity index (χ1v) is 8.33. The van der Waals surface area contributed by atoms with Gasteiger partial charge in [-0.3, -0.25) is 0 Å². The highest BCUT2D eigenvalue weighted by molar-refractivity contribution is 5.25. The van der Waals surface area contributed by atoms with Crippen LogP contribution in [-0.2, 0) is 6.42 Å². The van der Waals surface area contributed by atoms with Crippen molar-refractivity contribution in [2.75, 3.05) is 0 Å². The Morgan fingerprint density at radius 1 is 0.667 bits per heavy atom. The molecule has 0 bridgehead atoms. The predicted octanol–water partition coefficient (Wildman–Crippen LogP) is 4.28. The molecule has 0 saturated carbocycles. The summed E-state index contributed by atoms with van der Waals surface area (Å²) in [5.41, 5.74) is 9.71. The number of aliphatic hydroxyl groups excluding tert-OH is 1. The zero-order valence-electron chi connectivity index (χ0n) is 13.6. The third-order valence-electron chi connectivity index (χ3n) is 4.51. The van der Waals surface area contributed by atoms with E-state index in [-0.39, 0.29) is 12.0 Å². The van der Waals surface area contributed by atoms with E-state index < -0.39 is 6.10 Å². The Balaban J connectivity index is 1.91. The molecule has 0 heterocycles. The lowest BCUT2D eigenvalue weighted by Crippen LogP contribution is -2.29. The highest BCUT2D eigenvalue weighted by Gasteiger charge is 2.28. The first-order valence-electron chi connectivity index (χ1n) is 8.33. The quantitative estimate of drug-likeness (QED) is 0.713. The molecule has 0 fully saturated rings. The molecular formula is C22H23NO. The topological polar surface area (TPSA) is 46.2 Å². The van der Waals surface area contributed by atoms with Crippen LogP contribution in [0.3, 0.4) is 0 Å². The predicted molar refractivity (Wildman–Crippen MR) is 98.4 cm³/mol. The molecule has 0 aromatic heterocycles. The summed E-state index contributed by atoms with van der Waals surface area (Å²) in [7, 11) is 0. The number of benzene rings is 3. The van der Waals surface area contributed by atoms with E-state index in [1.165, 1.54) is 5.56 Å². The minimum atomic E-state index is -0.610. The highest BCUT2D eigenvalue weighted by Crippen LogP contribution is 2.34. The molecule has 0 radical (unpaired) electrons. The van der Waals surface area contributed by atoms with Crippen LogP contribution in [0.25, 0.3) is 0 Å². The molecule has 3 N–H and O–H groups in total. The standard InChI is InChI=1S/C22H23NO/c23-21(18-12-6-2-7-13-18)20(16-17-10-4-1-5-11-17)22(24)19-14-8-3-9-15-19/h1-15,20-22,24H,16,23H2/t20-,21-,22+/m0/s1. The summed E-state index contributed by atoms with van der Waals surface area (Å²) < 4.78 is 0. The van der Waals surface area contributed by atoms with Crippen molar-refractivity contribution in [1.29, 1.82) is 0 Å². The monoisotopic (exact) mass is 317 g/mol. The summed E-state index contributed by atoms with van der Waals surface area (Å²) in [5.74, 6) is -0.0998. The zero-order valence-corrected chi connectivity index (χ0v) is 13.6. The highest BCUT2D eigenvalue weighted by atomic mass is 16.3. The summed E-state index contributed by atoms with van der Waals surface area (Å²) >= 11 is 0. The molecule has 3 rings (SSSR count). The van der Waals surface area contributed by atoms with Gasteiger partial charge in [0, 0.05) is 12.0 Å². The largest absolute Gasteiger partial charge is 0.388 e. The second-order valence-corrected chi connectivity index (χ2v) is 6.15. The molecule has 0 aliphatic carbocycles. The minimum Gasteiger partial charge on any atom is -0.388 e. The first-order chi connectivity index (χ1) is 11.8. The summed E-state index contributed by atoms with van der Waals surface area (Å²) in [5, 5.41) is 11.0. The molecule has 3 aromatic carbocycles. The van der Waals surface area contributed by atoms with Crippen LogP contribution in [0, 0.1) is 5.92 Å². The lowest BCUT2D eigenvalue weighted by molar-refractivity contribution is 0.0921. The van der Waals surface area contributed by atoms with E-state index in [4.69, 9.17) is 5.73 Å². The van der Waals surface area contributed by atoms with Crippen LogP contribution >= 0.6 is 0 Å². The van der Waals surface area contributed by atoms with E-state index in [0.717, 1.165) is 17.5 Å². The molecule has 24 heavy (non-hydrogen) atoms. The van der Waals surface area contributed by atoms with E-state index in [1.54, 1.807) is 0 Å². The van der Waals surface area contributed by atoms with Gasteiger partial charge in [-0.05, 0) is 23.1 Å². The van der Waals surface area contributed by atoms with Crippen LogP contribution in [0.2, 0.25) is 0 Å². The van der Waals surface area contributed by atoms with Crippen LogP contribution in [0.15, 0.2) is 91.0 Å². The third-order valence-corrected chi connectivity index (χ3v) is 4.51. The molecular weight excluding hydrogens is 294 g/mol. The van der Waals surface area contributed by atoms with E-state index in [2.05, 4.69) is 12.1 Å². The van der Waals surface area contributed by atoms with Crippen molar-refractivity contribution < 1.29 is 5.11 Å². The van der Waals surface area contributed by atoms with E-state index >= 15 is 0 Å². The molecule has 0 unspecified atom stereocenters. The molecule has 0 saturated heterocycles. The smallest absolute Gasteiger partial charge is 0.0839 e. The maximum atomic E-state index is 11.0. The summed E-state index contributed by atoms with van der Waals surface area (Å²) in [6, 6.07) is 29.8. The van der Waals surface area contributed by atoms with Crippen LogP contribution < -0.4 is 5.73 Å². The van der Waals surface area contributed by atoms with Gasteiger partial charge in [-0.25, -0.2) is 0 Å². The maximum Gasteiger partial charge on any atom is 0.0839 e. The Morgan fingerprint density at radius 3 is 1.67 bits per heavy atom. The Morgan fingerprint density at radius 2 is 1.12 bits per heavy atom. The van der Waals surface area contributed by atoms with Gasteiger partial charge in [0.1, 0.15) is 0 Å². The molecule has 0 aliphatic heterocycles. The zero-order chi connectivity index (χ0) is 16.8. The Bertz CT molecular complexity index is 682. The molecule has 0 spiro atoms. The van der Waals surface area contributed by atoms with Crippen molar-refractivity contribution >= 4 is 0 Å². The molecule has 122 valence electrons. The minimum absolute atomic E-state index is 0.0998. The molecule has 2 nitrogen and oxygen atoms in total. The van der Waals surface area contributed by atoms with Gasteiger partial charge in [0.2, 0.25) is 0 Å². The number of nitrogens with two attached hydrogens (primary N) is 1. The van der Waals surface area contributed by atoms with E-state index in [1.807, 2.05) is 78.9 Å². The van der Waals surface area contributed by atoms with Crippen molar-refractivity contribution in [2.24, 2.45) is 11.7 Å². The van der Waals surface area contributed by atoms with E-state index in [9.17, 15) is 5.11 Å². The fraction of sp³-hybridized carbons (Fsp3) is 0.182. The lowest BCUT2D eigenvalue weighted by Gasteiger charge is -2.29. The molecule has 0 amide bonds. The Kier molecular flexibility index (Phi) is 5.42. The number of aliphatic hydroxyl groups is 1. The van der Waals surface area contributed by atoms with Crippen molar-refractivity contribution in [2.45, 2.75) is 18.6 Å². The SMILES string of the molecule is N[C@@H](c1ccccc1)[C@H](Cc1ccccc1)[C@H](O)c1ccccc1. The third kappa shape index (κ3) is 3.91. The number of hydrogen-bond donors (Lipinski definition) is 2. The second-order valence-electron chi connectivity index (χ2n) is 6.15. The second kappa shape index (κ2) is 7.91. The van der Waals surface area contributed by atoms with Gasteiger partial charge in [0.25, 0.3) is 0 Å². The van der Waals surface area contributed by atoms with E-state index in [0.29, 0.717) is 0 Å². The molecule has 3 atom stereocenters. The number of hydrogen-bond acceptors (Lipinski definition) is 2. The first kappa shape index (κ1) is 16.4. The maximum absolute atomic E-state index is 11.0. The Hall–Kier alpha value is -2.42. The van der Waals surface area contributed by atoms with Gasteiger partial charge < -0.3 is 10.8 Å². The van der Waals surface area contributed by atoms with Crippen molar-refractivity contribution in [3.8, 4) is 0 Å². The van der Waals surface area contributed by atoms with Crippen LogP contribution in [-0.4, -0.2) is 5.11 Å². The molecule has 3 aromatic rings. The molecule has 0 aliphatic rings.